The second-order valence-corrected chi connectivity index (χ2v) is 3.63. The molecular weight excluding hydrogens is 180 g/mol. The van der Waals surface area contributed by atoms with Crippen LogP contribution in [0.3, 0.4) is 0 Å². The lowest BCUT2D eigenvalue weighted by Gasteiger charge is -2.33. The van der Waals surface area contributed by atoms with Gasteiger partial charge in [0, 0.05) is 13.1 Å². The van der Waals surface area contributed by atoms with Crippen LogP contribution in [0.1, 0.15) is 31.1 Å². The van der Waals surface area contributed by atoms with Gasteiger partial charge in [0.15, 0.2) is 5.82 Å². The first kappa shape index (κ1) is 9.61. The smallest absolute Gasteiger partial charge is 0.213 e. The Bertz CT molecular complexity index is 260. The zero-order valence-corrected chi connectivity index (χ0v) is 8.22. The van der Waals surface area contributed by atoms with Crippen molar-refractivity contribution >= 4 is 0 Å². The number of rotatable bonds is 3. The van der Waals surface area contributed by atoms with Gasteiger partial charge in [-0.1, -0.05) is 11.6 Å². The maximum atomic E-state index is 5.57. The lowest BCUT2D eigenvalue weighted by atomic mass is 10.0. The minimum atomic E-state index is 0.311. The van der Waals surface area contributed by atoms with Gasteiger partial charge in [0.1, 0.15) is 0 Å². The molecule has 0 saturated carbocycles. The van der Waals surface area contributed by atoms with Gasteiger partial charge in [-0.2, -0.15) is 4.98 Å². The number of likely N-dealkylation sites (tertiary alicyclic amines) is 1. The van der Waals surface area contributed by atoms with Gasteiger partial charge in [0.05, 0.1) is 6.04 Å². The van der Waals surface area contributed by atoms with E-state index in [9.17, 15) is 0 Å². The molecule has 1 atom stereocenters. The summed E-state index contributed by atoms with van der Waals surface area (Å²) in [6, 6.07) is 0.311. The van der Waals surface area contributed by atoms with Gasteiger partial charge in [-0.15, -0.1) is 0 Å². The van der Waals surface area contributed by atoms with Gasteiger partial charge in [0.2, 0.25) is 6.39 Å². The van der Waals surface area contributed by atoms with Crippen molar-refractivity contribution in [2.24, 2.45) is 5.73 Å². The largest absolute Gasteiger partial charge is 0.343 e. The second kappa shape index (κ2) is 4.52. The zero-order valence-electron chi connectivity index (χ0n) is 8.22. The van der Waals surface area contributed by atoms with E-state index in [2.05, 4.69) is 15.0 Å². The molecule has 1 aromatic heterocycles. The summed E-state index contributed by atoms with van der Waals surface area (Å²) in [4.78, 5) is 6.45. The van der Waals surface area contributed by atoms with Crippen molar-refractivity contribution in [3.8, 4) is 0 Å². The molecule has 0 bridgehead atoms. The van der Waals surface area contributed by atoms with Crippen LogP contribution in [0.4, 0.5) is 0 Å². The summed E-state index contributed by atoms with van der Waals surface area (Å²) in [6.45, 7) is 2.70. The molecule has 1 aliphatic heterocycles. The summed E-state index contributed by atoms with van der Waals surface area (Å²) in [5.41, 5.74) is 5.57. The molecule has 0 amide bonds. The summed E-state index contributed by atoms with van der Waals surface area (Å²) in [6.07, 6.45) is 4.98. The predicted octanol–water partition coefficient (Wildman–Crippen LogP) is 0.555. The number of aromatic nitrogens is 2. The second-order valence-electron chi connectivity index (χ2n) is 3.63. The molecule has 1 unspecified atom stereocenters. The van der Waals surface area contributed by atoms with Crippen LogP contribution in [0.2, 0.25) is 0 Å². The van der Waals surface area contributed by atoms with Crippen LogP contribution in [0.5, 0.6) is 0 Å². The van der Waals surface area contributed by atoms with Crippen LogP contribution < -0.4 is 5.73 Å². The molecule has 0 radical (unpaired) electrons. The normalized spacial score (nSPS) is 23.9. The maximum absolute atomic E-state index is 5.57. The van der Waals surface area contributed by atoms with Crippen molar-refractivity contribution in [2.45, 2.75) is 25.3 Å². The van der Waals surface area contributed by atoms with Gasteiger partial charge < -0.3 is 10.3 Å². The van der Waals surface area contributed by atoms with E-state index in [4.69, 9.17) is 10.3 Å². The topological polar surface area (TPSA) is 68.2 Å². The molecule has 1 saturated heterocycles. The third-order valence-corrected chi connectivity index (χ3v) is 2.71. The first-order chi connectivity index (χ1) is 6.92. The average Bonchev–Trinajstić information content (AvgIpc) is 2.72. The molecular formula is C9H16N4O. The van der Waals surface area contributed by atoms with Crippen LogP contribution in [0.15, 0.2) is 10.9 Å². The van der Waals surface area contributed by atoms with Gasteiger partial charge >= 0.3 is 0 Å². The maximum Gasteiger partial charge on any atom is 0.213 e. The summed E-state index contributed by atoms with van der Waals surface area (Å²) < 4.78 is 4.78. The van der Waals surface area contributed by atoms with Crippen molar-refractivity contribution in [3.63, 3.8) is 0 Å². The van der Waals surface area contributed by atoms with Gasteiger partial charge in [-0.25, -0.2) is 0 Å². The lowest BCUT2D eigenvalue weighted by molar-refractivity contribution is 0.144. The molecule has 1 aromatic rings. The third kappa shape index (κ3) is 1.93. The number of hydrogen-bond donors (Lipinski definition) is 1. The highest BCUT2D eigenvalue weighted by molar-refractivity contribution is 4.93. The Morgan fingerprint density at radius 3 is 3.21 bits per heavy atom. The molecule has 0 aliphatic carbocycles. The molecule has 1 aliphatic rings. The summed E-state index contributed by atoms with van der Waals surface area (Å²) in [5, 5.41) is 3.90. The fourth-order valence-corrected chi connectivity index (χ4v) is 2.04. The molecule has 0 aromatic carbocycles. The fourth-order valence-electron chi connectivity index (χ4n) is 2.04. The lowest BCUT2D eigenvalue weighted by Crippen LogP contribution is -2.37. The molecule has 2 rings (SSSR count). The predicted molar refractivity (Wildman–Crippen MR) is 51.5 cm³/mol. The minimum absolute atomic E-state index is 0.311. The SMILES string of the molecule is NCCN1CCCCC1c1ncon1. The van der Waals surface area contributed by atoms with Crippen molar-refractivity contribution in [2.75, 3.05) is 19.6 Å². The highest BCUT2D eigenvalue weighted by Gasteiger charge is 2.26. The summed E-state index contributed by atoms with van der Waals surface area (Å²) >= 11 is 0. The van der Waals surface area contributed by atoms with E-state index in [0.717, 1.165) is 25.3 Å². The summed E-state index contributed by atoms with van der Waals surface area (Å²) in [7, 11) is 0. The molecule has 1 fully saturated rings. The fraction of sp³-hybridized carbons (Fsp3) is 0.778. The molecule has 2 N–H and O–H groups in total. The number of nitrogens with zero attached hydrogens (tertiary/aromatic N) is 3. The molecule has 5 nitrogen and oxygen atoms in total. The highest BCUT2D eigenvalue weighted by Crippen LogP contribution is 2.27. The Labute approximate surface area is 83.3 Å². The molecule has 0 spiro atoms. The van der Waals surface area contributed by atoms with Gasteiger partial charge in [-0.3, -0.25) is 4.90 Å². The Balaban J connectivity index is 2.06. The standard InChI is InChI=1S/C9H16N4O/c10-4-6-13-5-2-1-3-8(13)9-11-7-14-12-9/h7-8H,1-6,10H2. The zero-order chi connectivity index (χ0) is 9.80. The quantitative estimate of drug-likeness (QED) is 0.764. The van der Waals surface area contributed by atoms with E-state index >= 15 is 0 Å². The monoisotopic (exact) mass is 196 g/mol. The van der Waals surface area contributed by atoms with Crippen LogP contribution >= 0.6 is 0 Å². The average molecular weight is 196 g/mol. The van der Waals surface area contributed by atoms with E-state index in [1.54, 1.807) is 0 Å². The van der Waals surface area contributed by atoms with Crippen LogP contribution in [-0.2, 0) is 0 Å². The Morgan fingerprint density at radius 2 is 2.50 bits per heavy atom. The van der Waals surface area contributed by atoms with Crippen molar-refractivity contribution in [1.82, 2.24) is 15.0 Å². The molecule has 5 heteroatoms. The first-order valence-electron chi connectivity index (χ1n) is 5.12. The van der Waals surface area contributed by atoms with E-state index in [1.165, 1.54) is 19.2 Å². The number of nitrogens with two attached hydrogens (primary N) is 1. The number of piperidine rings is 1. The molecule has 2 heterocycles. The van der Waals surface area contributed by atoms with Crippen molar-refractivity contribution < 1.29 is 4.52 Å². The summed E-state index contributed by atoms with van der Waals surface area (Å²) in [5.74, 6) is 0.804. The highest BCUT2D eigenvalue weighted by atomic mass is 16.5. The van der Waals surface area contributed by atoms with Crippen LogP contribution in [0.25, 0.3) is 0 Å². The minimum Gasteiger partial charge on any atom is -0.343 e. The van der Waals surface area contributed by atoms with Crippen LogP contribution in [-0.4, -0.2) is 34.7 Å². The van der Waals surface area contributed by atoms with Gasteiger partial charge in [-0.05, 0) is 19.4 Å². The van der Waals surface area contributed by atoms with Gasteiger partial charge in [0.25, 0.3) is 0 Å². The van der Waals surface area contributed by atoms with E-state index in [-0.39, 0.29) is 0 Å². The molecule has 78 valence electrons. The van der Waals surface area contributed by atoms with Crippen LogP contribution in [0, 0.1) is 0 Å². The Hall–Kier alpha value is -0.940. The van der Waals surface area contributed by atoms with E-state index in [1.807, 2.05) is 0 Å². The van der Waals surface area contributed by atoms with Crippen molar-refractivity contribution in [1.29, 1.82) is 0 Å². The van der Waals surface area contributed by atoms with E-state index in [0.29, 0.717) is 12.6 Å². The Kier molecular flexibility index (Phi) is 3.10. The van der Waals surface area contributed by atoms with E-state index < -0.39 is 0 Å². The molecule has 14 heavy (non-hydrogen) atoms. The Morgan fingerprint density at radius 1 is 1.57 bits per heavy atom. The third-order valence-electron chi connectivity index (χ3n) is 2.71. The first-order valence-corrected chi connectivity index (χ1v) is 5.12. The van der Waals surface area contributed by atoms with Crippen molar-refractivity contribution in [3.05, 3.63) is 12.2 Å². The number of hydrogen-bond acceptors (Lipinski definition) is 5.